The standard InChI is InChI=1S/C19H26N3O4.C16H18IN4O3.Li/c1-2-3-8-22-9-6-13(7-10-22)14-11-16(26-12-14)19(25)20-15-4-5-17(23)21-18(15)24;1-18-14(8-17)20-11-4-5-12-10(6-11)7-13(16(23)21(12)3)24-9-15(22)19-2;/h11-13,15H,1-10H2,(H,20,25)(H,21,23,24);4-7H,1,8-9H2,2-3H3,(H,18,20)(H,19,22);/q2*-1;+1. The van der Waals surface area contributed by atoms with Crippen molar-refractivity contribution in [3.05, 3.63) is 72.2 Å². The summed E-state index contributed by atoms with van der Waals surface area (Å²) < 4.78 is 13.0. The molecule has 0 aliphatic carbocycles. The molecule has 0 bridgehead atoms. The molecule has 1 unspecified atom stereocenters. The molecule has 3 aromatic rings. The molecular weight excluding hydrogens is 764 g/mol. The number of carbonyl (C=O) groups excluding carboxylic acids is 4. The molecule has 2 saturated heterocycles. The van der Waals surface area contributed by atoms with E-state index in [1.165, 1.54) is 11.6 Å². The number of likely N-dealkylation sites (N-methyl/N-ethyl adjacent to an activating group) is 1. The van der Waals surface area contributed by atoms with Crippen molar-refractivity contribution in [2.45, 2.75) is 50.5 Å². The Morgan fingerprint density at radius 3 is 2.53 bits per heavy atom. The van der Waals surface area contributed by atoms with Gasteiger partial charge in [0.05, 0.1) is 11.8 Å². The average Bonchev–Trinajstić information content (AvgIpc) is 3.63. The summed E-state index contributed by atoms with van der Waals surface area (Å²) in [6, 6.07) is 8.32. The quantitative estimate of drug-likeness (QED) is 0.0405. The number of pyridine rings is 1. The van der Waals surface area contributed by atoms with Gasteiger partial charge < -0.3 is 46.5 Å². The third kappa shape index (κ3) is 11.6. The number of aliphatic imine (C=N–C) groups is 1. The largest absolute Gasteiger partial charge is 1.00 e. The fourth-order valence-corrected chi connectivity index (χ4v) is 6.13. The van der Waals surface area contributed by atoms with Gasteiger partial charge in [0, 0.05) is 31.6 Å². The van der Waals surface area contributed by atoms with E-state index in [2.05, 4.69) is 67.7 Å². The van der Waals surface area contributed by atoms with E-state index < -0.39 is 17.9 Å². The molecule has 4 N–H and O–H groups in total. The topological polar surface area (TPSA) is 176 Å². The number of nitrogens with zero attached hydrogens (tertiary/aromatic N) is 3. The van der Waals surface area contributed by atoms with E-state index in [9.17, 15) is 24.0 Å². The van der Waals surface area contributed by atoms with Crippen LogP contribution < -0.4 is 50.4 Å². The number of aryl methyl sites for hydroxylation is 1. The van der Waals surface area contributed by atoms with Crippen molar-refractivity contribution in [1.82, 2.24) is 25.4 Å². The summed E-state index contributed by atoms with van der Waals surface area (Å²) >= 11 is 2.19. The number of hydrogen-bond donors (Lipinski definition) is 4. The van der Waals surface area contributed by atoms with Crippen molar-refractivity contribution in [1.29, 1.82) is 0 Å². The number of amides is 4. The summed E-state index contributed by atoms with van der Waals surface area (Å²) in [7, 11) is 6.70. The summed E-state index contributed by atoms with van der Waals surface area (Å²) in [5.41, 5.74) is 2.34. The maximum absolute atomic E-state index is 12.3. The number of amidine groups is 1. The average molecular weight is 809 g/mol. The van der Waals surface area contributed by atoms with E-state index >= 15 is 0 Å². The van der Waals surface area contributed by atoms with Crippen LogP contribution in [0.4, 0.5) is 5.69 Å². The molecule has 4 heterocycles. The Bertz CT molecular complexity index is 1770. The Labute approximate surface area is 323 Å². The second-order valence-electron chi connectivity index (χ2n) is 12.0. The summed E-state index contributed by atoms with van der Waals surface area (Å²) in [6.45, 7) is 6.87. The van der Waals surface area contributed by atoms with Gasteiger partial charge in [-0.05, 0) is 91.0 Å². The zero-order valence-corrected chi connectivity index (χ0v) is 31.5. The van der Waals surface area contributed by atoms with Gasteiger partial charge in [0.1, 0.15) is 6.04 Å². The van der Waals surface area contributed by atoms with Crippen molar-refractivity contribution >= 4 is 68.6 Å². The molecule has 2 aromatic heterocycles. The van der Waals surface area contributed by atoms with Crippen LogP contribution in [0.25, 0.3) is 10.9 Å². The number of furan rings is 1. The Morgan fingerprint density at radius 1 is 1.14 bits per heavy atom. The number of unbranched alkanes of at least 4 members (excludes halogenated alkanes) is 1. The van der Waals surface area contributed by atoms with E-state index in [4.69, 9.17) is 9.15 Å². The number of piperidine rings is 2. The third-order valence-electron chi connectivity index (χ3n) is 8.61. The zero-order chi connectivity index (χ0) is 36.2. The number of benzene rings is 1. The van der Waals surface area contributed by atoms with Crippen molar-refractivity contribution in [3.63, 3.8) is 0 Å². The van der Waals surface area contributed by atoms with Gasteiger partial charge in [0.15, 0.2) is 18.1 Å². The molecule has 2 fully saturated rings. The summed E-state index contributed by atoms with van der Waals surface area (Å²) in [5, 5.41) is 11.3. The number of hydrogen-bond acceptors (Lipinski definition) is 9. The Kier molecular flexibility index (Phi) is 16.6. The van der Waals surface area contributed by atoms with Gasteiger partial charge in [-0.1, -0.05) is 29.0 Å². The first-order chi connectivity index (χ1) is 24.1. The Morgan fingerprint density at radius 2 is 1.88 bits per heavy atom. The van der Waals surface area contributed by atoms with Gasteiger partial charge in [-0.15, -0.1) is 0 Å². The first-order valence-corrected chi connectivity index (χ1v) is 18.0. The monoisotopic (exact) mass is 808 g/mol. The molecule has 0 spiro atoms. The van der Waals surface area contributed by atoms with E-state index in [1.807, 2.05) is 18.2 Å². The van der Waals surface area contributed by atoms with E-state index in [-0.39, 0.29) is 60.8 Å². The molecule has 5 rings (SSSR count). The fourth-order valence-electron chi connectivity index (χ4n) is 5.70. The Hall–Kier alpha value is -3.78. The van der Waals surface area contributed by atoms with Gasteiger partial charge in [-0.2, -0.15) is 13.5 Å². The van der Waals surface area contributed by atoms with Crippen LogP contribution in [0.2, 0.25) is 0 Å². The van der Waals surface area contributed by atoms with Gasteiger partial charge in [0.25, 0.3) is 17.4 Å². The number of rotatable bonds is 11. The molecule has 1 aromatic carbocycles. The molecule has 270 valence electrons. The number of anilines is 1. The molecule has 4 amide bonds. The first-order valence-electron chi connectivity index (χ1n) is 16.4. The maximum Gasteiger partial charge on any atom is 1.00 e. The predicted octanol–water partition coefficient (Wildman–Crippen LogP) is 0.313. The molecule has 2 aliphatic heterocycles. The van der Waals surface area contributed by atoms with Crippen LogP contribution in [0.3, 0.4) is 0 Å². The second-order valence-corrected chi connectivity index (χ2v) is 12.8. The number of halogens is 1. The van der Waals surface area contributed by atoms with Crippen LogP contribution in [0.5, 0.6) is 5.75 Å². The molecule has 2 aliphatic rings. The van der Waals surface area contributed by atoms with Crippen molar-refractivity contribution < 1.29 is 47.2 Å². The third-order valence-corrected chi connectivity index (χ3v) is 9.33. The van der Waals surface area contributed by atoms with Crippen LogP contribution in [0.15, 0.2) is 50.8 Å². The molecule has 1 atom stereocenters. The maximum atomic E-state index is 12.3. The summed E-state index contributed by atoms with van der Waals surface area (Å²) in [5.74, 6) is 0.000500. The molecular formula is C35H44ILiN7O7-. The second kappa shape index (κ2) is 20.3. The van der Waals surface area contributed by atoms with Crippen LogP contribution in [-0.4, -0.2) is 82.7 Å². The fraction of sp³-hybridized carbons (Fsp3) is 0.429. The van der Waals surface area contributed by atoms with E-state index in [1.54, 1.807) is 25.4 Å². The van der Waals surface area contributed by atoms with E-state index in [0.29, 0.717) is 16.8 Å². The Balaban J connectivity index is 0.000000271. The number of alkyl halides is 1. The van der Waals surface area contributed by atoms with Crippen molar-refractivity contribution in [2.75, 3.05) is 43.0 Å². The van der Waals surface area contributed by atoms with E-state index in [0.717, 1.165) is 73.3 Å². The summed E-state index contributed by atoms with van der Waals surface area (Å²) in [4.78, 5) is 65.2. The minimum atomic E-state index is -0.690. The number of fused-ring (bicyclic) bond motifs is 1. The van der Waals surface area contributed by atoms with Crippen molar-refractivity contribution in [2.24, 2.45) is 12.0 Å². The predicted molar refractivity (Wildman–Crippen MR) is 199 cm³/mol. The molecule has 0 radical (unpaired) electrons. The first kappa shape index (κ1) is 41.6. The molecule has 0 saturated carbocycles. The number of carbonyl (C=O) groups is 4. The SMILES string of the molecule is [CH2-]CCCN1CCC(c2coc(C(=O)NC3CCC(=O)NC3=O)c2)CC1.[CH2-]N=C(CI)Nc1ccc2c(c1)cc(OCC(=O)NC)c(=O)n2C.[Li+]. The van der Waals surface area contributed by atoms with Gasteiger partial charge in [-0.3, -0.25) is 29.3 Å². The van der Waals surface area contributed by atoms with Crippen LogP contribution >= 0.6 is 22.6 Å². The minimum Gasteiger partial charge on any atom is -0.478 e. The summed E-state index contributed by atoms with van der Waals surface area (Å²) in [6.07, 6.45) is 6.38. The van der Waals surface area contributed by atoms with Gasteiger partial charge >= 0.3 is 18.9 Å². The van der Waals surface area contributed by atoms with Gasteiger partial charge in [-0.25, -0.2) is 0 Å². The number of ether oxygens (including phenoxy) is 1. The number of aromatic nitrogens is 1. The number of nitrogens with one attached hydrogen (secondary N) is 4. The normalized spacial score (nSPS) is 16.7. The van der Waals surface area contributed by atoms with Crippen LogP contribution in [0.1, 0.15) is 60.6 Å². The number of likely N-dealkylation sites (tertiary alicyclic amines) is 1. The molecule has 14 nitrogen and oxygen atoms in total. The van der Waals surface area contributed by atoms with Crippen LogP contribution in [0, 0.1) is 14.0 Å². The minimum absolute atomic E-state index is 0. The smallest absolute Gasteiger partial charge is 0.478 e. The molecule has 51 heavy (non-hydrogen) atoms. The van der Waals surface area contributed by atoms with Gasteiger partial charge in [0.2, 0.25) is 11.8 Å². The van der Waals surface area contributed by atoms with Crippen molar-refractivity contribution in [3.8, 4) is 5.75 Å². The van der Waals surface area contributed by atoms with Crippen LogP contribution in [-0.2, 0) is 21.4 Å². The molecule has 16 heteroatoms. The zero-order valence-electron chi connectivity index (χ0n) is 29.4. The number of imide groups is 1.